The number of nitrogens with zero attached hydrogens (tertiary/aromatic N) is 2. The lowest BCUT2D eigenvalue weighted by Gasteiger charge is -2.32. The van der Waals surface area contributed by atoms with E-state index in [1.54, 1.807) is 20.2 Å². The maximum Gasteiger partial charge on any atom is 0.292 e. The Hall–Kier alpha value is -1.66. The first-order chi connectivity index (χ1) is 9.65. The minimum atomic E-state index is -0.344. The number of piperidine rings is 1. The molecule has 1 atom stereocenters. The van der Waals surface area contributed by atoms with Crippen molar-refractivity contribution >= 4 is 11.4 Å². The van der Waals surface area contributed by atoms with Crippen molar-refractivity contribution in [3.8, 4) is 0 Å². The third kappa shape index (κ3) is 3.26. The average molecular weight is 279 g/mol. The Kier molecular flexibility index (Phi) is 4.92. The number of anilines is 1. The summed E-state index contributed by atoms with van der Waals surface area (Å²) < 4.78 is 5.41. The van der Waals surface area contributed by atoms with E-state index in [4.69, 9.17) is 4.74 Å². The Labute approximate surface area is 118 Å². The van der Waals surface area contributed by atoms with Crippen LogP contribution in [0.3, 0.4) is 0 Å². The summed E-state index contributed by atoms with van der Waals surface area (Å²) in [5.74, 6) is 0. The minimum absolute atomic E-state index is 0.130. The molecule has 1 aromatic rings. The molecule has 0 radical (unpaired) electrons. The second-order valence-corrected chi connectivity index (χ2v) is 5.05. The Morgan fingerprint density at radius 3 is 3.00 bits per heavy atom. The molecule has 0 bridgehead atoms. The highest BCUT2D eigenvalue weighted by Crippen LogP contribution is 2.29. The van der Waals surface area contributed by atoms with Gasteiger partial charge in [0.25, 0.3) is 5.69 Å². The molecule has 0 spiro atoms. The molecule has 0 saturated carbocycles. The van der Waals surface area contributed by atoms with Gasteiger partial charge in [-0.05, 0) is 24.9 Å². The van der Waals surface area contributed by atoms with E-state index in [1.165, 1.54) is 6.07 Å². The number of ether oxygens (including phenoxy) is 1. The Morgan fingerprint density at radius 1 is 1.55 bits per heavy atom. The van der Waals surface area contributed by atoms with Crippen molar-refractivity contribution in [2.24, 2.45) is 0 Å². The molecule has 1 heterocycles. The van der Waals surface area contributed by atoms with Gasteiger partial charge in [-0.1, -0.05) is 12.1 Å². The Bertz CT molecular complexity index is 479. The van der Waals surface area contributed by atoms with E-state index in [0.29, 0.717) is 12.2 Å². The van der Waals surface area contributed by atoms with Crippen molar-refractivity contribution in [2.45, 2.75) is 25.5 Å². The molecule has 1 aliphatic rings. The van der Waals surface area contributed by atoms with Gasteiger partial charge >= 0.3 is 0 Å². The van der Waals surface area contributed by atoms with Crippen molar-refractivity contribution in [1.82, 2.24) is 4.90 Å². The monoisotopic (exact) mass is 279 g/mol. The average Bonchev–Trinajstić information content (AvgIpc) is 2.47. The van der Waals surface area contributed by atoms with Crippen LogP contribution in [0.1, 0.15) is 18.4 Å². The number of methoxy groups -OCH3 is 1. The van der Waals surface area contributed by atoms with E-state index in [2.05, 4.69) is 10.2 Å². The highest BCUT2D eigenvalue weighted by molar-refractivity contribution is 5.66. The normalized spacial score (nSPS) is 19.8. The lowest BCUT2D eigenvalue weighted by Crippen LogP contribution is -2.38. The van der Waals surface area contributed by atoms with E-state index in [9.17, 15) is 10.1 Å². The van der Waals surface area contributed by atoms with E-state index < -0.39 is 0 Å². The molecule has 1 unspecified atom stereocenters. The molecule has 110 valence electrons. The molecule has 6 heteroatoms. The number of rotatable bonds is 5. The zero-order valence-electron chi connectivity index (χ0n) is 12.0. The zero-order chi connectivity index (χ0) is 14.5. The molecule has 1 aliphatic heterocycles. The van der Waals surface area contributed by atoms with Gasteiger partial charge in [0, 0.05) is 33.3 Å². The number of hydrogen-bond acceptors (Lipinski definition) is 5. The molecule has 2 rings (SSSR count). The summed E-state index contributed by atoms with van der Waals surface area (Å²) in [6.45, 7) is 2.59. The molecular formula is C14H21N3O3. The third-order valence-electron chi connectivity index (χ3n) is 3.77. The van der Waals surface area contributed by atoms with E-state index in [1.807, 2.05) is 6.07 Å². The van der Waals surface area contributed by atoms with Crippen molar-refractivity contribution in [3.63, 3.8) is 0 Å². The first-order valence-corrected chi connectivity index (χ1v) is 6.85. The summed E-state index contributed by atoms with van der Waals surface area (Å²) in [6.07, 6.45) is 2.45. The lowest BCUT2D eigenvalue weighted by molar-refractivity contribution is -0.384. The van der Waals surface area contributed by atoms with Crippen molar-refractivity contribution < 1.29 is 9.66 Å². The van der Waals surface area contributed by atoms with Crippen molar-refractivity contribution in [2.75, 3.05) is 32.6 Å². The number of para-hydroxylation sites is 1. The molecule has 6 nitrogen and oxygen atoms in total. The highest BCUT2D eigenvalue weighted by atomic mass is 16.6. The van der Waals surface area contributed by atoms with Crippen LogP contribution >= 0.6 is 0 Å². The van der Waals surface area contributed by atoms with Crippen LogP contribution in [0.4, 0.5) is 11.4 Å². The molecule has 0 aromatic heterocycles. The van der Waals surface area contributed by atoms with Crippen LogP contribution in [0.5, 0.6) is 0 Å². The second kappa shape index (κ2) is 6.67. The van der Waals surface area contributed by atoms with Gasteiger partial charge in [-0.25, -0.2) is 0 Å². The number of nitro groups is 1. The maximum absolute atomic E-state index is 11.1. The summed E-state index contributed by atoms with van der Waals surface area (Å²) in [6, 6.07) is 5.21. The first kappa shape index (κ1) is 14.7. The van der Waals surface area contributed by atoms with Gasteiger partial charge in [0.15, 0.2) is 0 Å². The van der Waals surface area contributed by atoms with E-state index in [0.717, 1.165) is 31.5 Å². The number of hydrogen-bond donors (Lipinski definition) is 1. The summed E-state index contributed by atoms with van der Waals surface area (Å²) in [4.78, 5) is 13.0. The number of nitro benzene ring substituents is 1. The number of nitrogens with one attached hydrogen (secondary N) is 1. The quantitative estimate of drug-likeness (QED) is 0.661. The summed E-state index contributed by atoms with van der Waals surface area (Å²) in [7, 11) is 3.46. The van der Waals surface area contributed by atoms with E-state index >= 15 is 0 Å². The number of benzene rings is 1. The topological polar surface area (TPSA) is 67.6 Å². The van der Waals surface area contributed by atoms with Crippen LogP contribution in [-0.4, -0.2) is 43.2 Å². The van der Waals surface area contributed by atoms with Gasteiger partial charge in [-0.15, -0.1) is 0 Å². The largest absolute Gasteiger partial charge is 0.382 e. The second-order valence-electron chi connectivity index (χ2n) is 5.05. The van der Waals surface area contributed by atoms with Gasteiger partial charge in [-0.3, -0.25) is 15.0 Å². The van der Waals surface area contributed by atoms with Crippen LogP contribution in [-0.2, 0) is 11.3 Å². The molecular weight excluding hydrogens is 258 g/mol. The van der Waals surface area contributed by atoms with Gasteiger partial charge in [0.05, 0.1) is 11.0 Å². The molecule has 1 saturated heterocycles. The summed E-state index contributed by atoms with van der Waals surface area (Å²) >= 11 is 0. The fourth-order valence-electron chi connectivity index (χ4n) is 2.75. The predicted molar refractivity (Wildman–Crippen MR) is 78.0 cm³/mol. The smallest absolute Gasteiger partial charge is 0.292 e. The van der Waals surface area contributed by atoms with Gasteiger partial charge in [0.2, 0.25) is 0 Å². The first-order valence-electron chi connectivity index (χ1n) is 6.85. The van der Waals surface area contributed by atoms with Crippen LogP contribution < -0.4 is 5.32 Å². The fourth-order valence-corrected chi connectivity index (χ4v) is 2.75. The summed E-state index contributed by atoms with van der Waals surface area (Å²) in [5, 5.41) is 14.0. The Morgan fingerprint density at radius 2 is 2.35 bits per heavy atom. The van der Waals surface area contributed by atoms with E-state index in [-0.39, 0.29) is 16.7 Å². The highest BCUT2D eigenvalue weighted by Gasteiger charge is 2.22. The van der Waals surface area contributed by atoms with Crippen LogP contribution in [0.2, 0.25) is 0 Å². The van der Waals surface area contributed by atoms with Crippen molar-refractivity contribution in [3.05, 3.63) is 33.9 Å². The predicted octanol–water partition coefficient (Wildman–Crippen LogP) is 2.25. The molecule has 1 aromatic carbocycles. The van der Waals surface area contributed by atoms with Gasteiger partial charge in [0.1, 0.15) is 5.69 Å². The SMILES string of the molecule is CNc1c(CN2CCCC(OC)C2)cccc1[N+](=O)[O-]. The van der Waals surface area contributed by atoms with Gasteiger partial charge in [-0.2, -0.15) is 0 Å². The third-order valence-corrected chi connectivity index (χ3v) is 3.77. The molecule has 1 fully saturated rings. The zero-order valence-corrected chi connectivity index (χ0v) is 12.0. The summed E-state index contributed by atoms with van der Waals surface area (Å²) in [5.41, 5.74) is 1.70. The maximum atomic E-state index is 11.1. The molecule has 0 amide bonds. The van der Waals surface area contributed by atoms with Crippen molar-refractivity contribution in [1.29, 1.82) is 0 Å². The molecule has 0 aliphatic carbocycles. The minimum Gasteiger partial charge on any atom is -0.382 e. The van der Waals surface area contributed by atoms with Crippen LogP contribution in [0, 0.1) is 10.1 Å². The van der Waals surface area contributed by atoms with Crippen LogP contribution in [0.15, 0.2) is 18.2 Å². The Balaban J connectivity index is 2.16. The van der Waals surface area contributed by atoms with Crippen LogP contribution in [0.25, 0.3) is 0 Å². The fraction of sp³-hybridized carbons (Fsp3) is 0.571. The number of likely N-dealkylation sites (tertiary alicyclic amines) is 1. The standard InChI is InChI=1S/C14H21N3O3/c1-15-14-11(5-3-7-13(14)17(18)19)9-16-8-4-6-12(10-16)20-2/h3,5,7,12,15H,4,6,8-10H2,1-2H3. The molecule has 20 heavy (non-hydrogen) atoms. The molecule has 1 N–H and O–H groups in total. The van der Waals surface area contributed by atoms with Gasteiger partial charge < -0.3 is 10.1 Å². The lowest BCUT2D eigenvalue weighted by atomic mass is 10.1.